The average Bonchev–Trinajstić information content (AvgIpc) is 2.56. The van der Waals surface area contributed by atoms with Crippen molar-refractivity contribution >= 4 is 11.9 Å². The molecule has 1 aromatic carbocycles. The molecule has 6 heteroatoms. The molecular weight excluding hydrogens is 297 g/mol. The van der Waals surface area contributed by atoms with Crippen LogP contribution in [0.15, 0.2) is 24.3 Å². The minimum atomic E-state index is -0.909. The Hall–Kier alpha value is -2.11. The normalized spacial score (nSPS) is 22.6. The number of hydrogen-bond acceptors (Lipinski definition) is 2. The Balaban J connectivity index is 1.79. The number of nitrogens with zero attached hydrogens (tertiary/aromatic N) is 1. The summed E-state index contributed by atoms with van der Waals surface area (Å²) in [6, 6.07) is 5.10. The lowest BCUT2D eigenvalue weighted by Gasteiger charge is -2.36. The van der Waals surface area contributed by atoms with Gasteiger partial charge in [0.2, 0.25) is 5.91 Å². The first-order chi connectivity index (χ1) is 11.2. The standard InChI is InChI=1S/C17H22FN3O2/c18-14-9-5-4-8-13(14)15-16(22)19-10-11-21(15)17(23)20-12-6-2-1-3-7-12/h4-5,8-9,12,15H,1-3,6-7,10-11H2,(H,19,22)(H,20,23). The lowest BCUT2D eigenvalue weighted by molar-refractivity contribution is -0.128. The number of piperazine rings is 1. The molecule has 23 heavy (non-hydrogen) atoms. The first-order valence-electron chi connectivity index (χ1n) is 8.26. The Morgan fingerprint density at radius 2 is 1.96 bits per heavy atom. The van der Waals surface area contributed by atoms with Gasteiger partial charge in [-0.15, -0.1) is 0 Å². The minimum absolute atomic E-state index is 0.155. The number of urea groups is 1. The van der Waals surface area contributed by atoms with Gasteiger partial charge in [0.1, 0.15) is 11.9 Å². The van der Waals surface area contributed by atoms with E-state index in [1.165, 1.54) is 17.4 Å². The van der Waals surface area contributed by atoms with Gasteiger partial charge in [0.05, 0.1) is 0 Å². The highest BCUT2D eigenvalue weighted by atomic mass is 19.1. The maximum Gasteiger partial charge on any atom is 0.318 e. The first-order valence-corrected chi connectivity index (χ1v) is 8.26. The zero-order valence-corrected chi connectivity index (χ0v) is 13.1. The molecule has 1 aliphatic heterocycles. The number of nitrogens with one attached hydrogen (secondary N) is 2. The van der Waals surface area contributed by atoms with Gasteiger partial charge in [0, 0.05) is 24.7 Å². The molecule has 2 aliphatic rings. The maximum atomic E-state index is 14.1. The molecule has 2 fully saturated rings. The molecule has 3 rings (SSSR count). The monoisotopic (exact) mass is 319 g/mol. The molecular formula is C17H22FN3O2. The van der Waals surface area contributed by atoms with Crippen molar-refractivity contribution in [3.05, 3.63) is 35.6 Å². The quantitative estimate of drug-likeness (QED) is 0.879. The lowest BCUT2D eigenvalue weighted by Crippen LogP contribution is -2.56. The highest BCUT2D eigenvalue weighted by Crippen LogP contribution is 2.26. The first kappa shape index (κ1) is 15.8. The third kappa shape index (κ3) is 3.46. The van der Waals surface area contributed by atoms with Gasteiger partial charge in [-0.3, -0.25) is 4.79 Å². The summed E-state index contributed by atoms with van der Waals surface area (Å²) >= 11 is 0. The molecule has 5 nitrogen and oxygen atoms in total. The third-order valence-corrected chi connectivity index (χ3v) is 4.61. The zero-order chi connectivity index (χ0) is 16.2. The maximum absolute atomic E-state index is 14.1. The van der Waals surface area contributed by atoms with Crippen molar-refractivity contribution in [3.63, 3.8) is 0 Å². The number of carbonyl (C=O) groups is 2. The number of rotatable bonds is 2. The lowest BCUT2D eigenvalue weighted by atomic mass is 9.95. The molecule has 1 unspecified atom stereocenters. The summed E-state index contributed by atoms with van der Waals surface area (Å²) in [4.78, 5) is 26.3. The van der Waals surface area contributed by atoms with Crippen molar-refractivity contribution < 1.29 is 14.0 Å². The summed E-state index contributed by atoms with van der Waals surface area (Å²) in [6.45, 7) is 0.769. The predicted octanol–water partition coefficient (Wildman–Crippen LogP) is 2.34. The van der Waals surface area contributed by atoms with Crippen LogP contribution in [0.2, 0.25) is 0 Å². The molecule has 1 aliphatic carbocycles. The molecule has 3 amide bonds. The topological polar surface area (TPSA) is 61.4 Å². The van der Waals surface area contributed by atoms with Gasteiger partial charge in [0.25, 0.3) is 0 Å². The van der Waals surface area contributed by atoms with Crippen molar-refractivity contribution in [2.24, 2.45) is 0 Å². The summed E-state index contributed by atoms with van der Waals surface area (Å²) in [6.07, 6.45) is 5.37. The number of amides is 3. The second-order valence-corrected chi connectivity index (χ2v) is 6.19. The van der Waals surface area contributed by atoms with Crippen LogP contribution in [0.25, 0.3) is 0 Å². The van der Waals surface area contributed by atoms with Crippen LogP contribution in [0.5, 0.6) is 0 Å². The van der Waals surface area contributed by atoms with Crippen LogP contribution in [0, 0.1) is 5.82 Å². The second kappa shape index (κ2) is 6.98. The Kier molecular flexibility index (Phi) is 4.79. The van der Waals surface area contributed by atoms with Crippen LogP contribution >= 0.6 is 0 Å². The van der Waals surface area contributed by atoms with E-state index in [1.807, 2.05) is 0 Å². The van der Waals surface area contributed by atoms with Gasteiger partial charge < -0.3 is 15.5 Å². The van der Waals surface area contributed by atoms with Gasteiger partial charge in [-0.1, -0.05) is 37.5 Å². The summed E-state index contributed by atoms with van der Waals surface area (Å²) in [7, 11) is 0. The van der Waals surface area contributed by atoms with Crippen molar-refractivity contribution in [2.75, 3.05) is 13.1 Å². The molecule has 1 aromatic rings. The van der Waals surface area contributed by atoms with Crippen LogP contribution in [-0.4, -0.2) is 36.0 Å². The molecule has 0 spiro atoms. The Labute approximate surface area is 135 Å². The Bertz CT molecular complexity index is 587. The third-order valence-electron chi connectivity index (χ3n) is 4.61. The van der Waals surface area contributed by atoms with Crippen LogP contribution in [-0.2, 0) is 4.79 Å². The van der Waals surface area contributed by atoms with Crippen molar-refractivity contribution in [1.82, 2.24) is 15.5 Å². The Morgan fingerprint density at radius 1 is 1.22 bits per heavy atom. The number of hydrogen-bond donors (Lipinski definition) is 2. The van der Waals surface area contributed by atoms with Gasteiger partial charge in [-0.2, -0.15) is 0 Å². The average molecular weight is 319 g/mol. The van der Waals surface area contributed by atoms with Gasteiger partial charge in [-0.25, -0.2) is 9.18 Å². The number of benzene rings is 1. The van der Waals surface area contributed by atoms with Gasteiger partial charge in [-0.05, 0) is 18.9 Å². The van der Waals surface area contributed by atoms with Crippen LogP contribution in [0.1, 0.15) is 43.7 Å². The van der Waals surface area contributed by atoms with E-state index in [0.29, 0.717) is 13.1 Å². The van der Waals surface area contributed by atoms with Gasteiger partial charge in [0.15, 0.2) is 0 Å². The fraction of sp³-hybridized carbons (Fsp3) is 0.529. The molecule has 124 valence electrons. The van der Waals surface area contributed by atoms with Crippen molar-refractivity contribution in [2.45, 2.75) is 44.2 Å². The molecule has 1 saturated heterocycles. The summed E-state index contributed by atoms with van der Waals surface area (Å²) in [5.74, 6) is -0.801. The largest absolute Gasteiger partial charge is 0.352 e. The van der Waals surface area contributed by atoms with E-state index in [4.69, 9.17) is 0 Å². The van der Waals surface area contributed by atoms with Crippen LogP contribution in [0.3, 0.4) is 0 Å². The fourth-order valence-corrected chi connectivity index (χ4v) is 3.40. The zero-order valence-electron chi connectivity index (χ0n) is 13.1. The van der Waals surface area contributed by atoms with Crippen LogP contribution < -0.4 is 10.6 Å². The predicted molar refractivity (Wildman–Crippen MR) is 84.3 cm³/mol. The molecule has 1 atom stereocenters. The molecule has 2 N–H and O–H groups in total. The minimum Gasteiger partial charge on any atom is -0.352 e. The summed E-state index contributed by atoms with van der Waals surface area (Å²) < 4.78 is 14.1. The summed E-state index contributed by atoms with van der Waals surface area (Å²) in [5.41, 5.74) is 0.239. The number of halogens is 1. The van der Waals surface area contributed by atoms with Crippen molar-refractivity contribution in [1.29, 1.82) is 0 Å². The highest BCUT2D eigenvalue weighted by Gasteiger charge is 2.36. The van der Waals surface area contributed by atoms with E-state index in [1.54, 1.807) is 18.2 Å². The van der Waals surface area contributed by atoms with E-state index in [9.17, 15) is 14.0 Å². The van der Waals surface area contributed by atoms with E-state index in [-0.39, 0.29) is 23.5 Å². The number of carbonyl (C=O) groups excluding carboxylic acids is 2. The SMILES string of the molecule is O=C1NCCN(C(=O)NC2CCCCC2)C1c1ccccc1F. The van der Waals surface area contributed by atoms with E-state index in [0.717, 1.165) is 25.7 Å². The summed E-state index contributed by atoms with van der Waals surface area (Å²) in [5, 5.41) is 5.73. The van der Waals surface area contributed by atoms with Crippen LogP contribution in [0.4, 0.5) is 9.18 Å². The fourth-order valence-electron chi connectivity index (χ4n) is 3.40. The molecule has 0 bridgehead atoms. The molecule has 1 saturated carbocycles. The smallest absolute Gasteiger partial charge is 0.318 e. The second-order valence-electron chi connectivity index (χ2n) is 6.19. The van der Waals surface area contributed by atoms with E-state index < -0.39 is 11.9 Å². The molecule has 0 radical (unpaired) electrons. The highest BCUT2D eigenvalue weighted by molar-refractivity contribution is 5.89. The molecule has 1 heterocycles. The molecule has 0 aromatic heterocycles. The van der Waals surface area contributed by atoms with Crippen molar-refractivity contribution in [3.8, 4) is 0 Å². The van der Waals surface area contributed by atoms with E-state index >= 15 is 0 Å². The van der Waals surface area contributed by atoms with E-state index in [2.05, 4.69) is 10.6 Å². The van der Waals surface area contributed by atoms with Gasteiger partial charge >= 0.3 is 6.03 Å². The Morgan fingerprint density at radius 3 is 2.70 bits per heavy atom.